The summed E-state index contributed by atoms with van der Waals surface area (Å²) in [7, 11) is 0. The third-order valence-electron chi connectivity index (χ3n) is 2.24. The van der Waals surface area contributed by atoms with Crippen LogP contribution in [0.25, 0.3) is 0 Å². The van der Waals surface area contributed by atoms with E-state index in [0.29, 0.717) is 11.3 Å². The minimum atomic E-state index is 0.393. The molecule has 1 nitrogen and oxygen atoms in total. The number of hydrogen-bond acceptors (Lipinski definition) is 1. The Kier molecular flexibility index (Phi) is 4.74. The van der Waals surface area contributed by atoms with Crippen LogP contribution in [0.3, 0.4) is 0 Å². The highest BCUT2D eigenvalue weighted by atomic mass is 16.5. The van der Waals surface area contributed by atoms with Crippen LogP contribution in [-0.4, -0.2) is 13.2 Å². The summed E-state index contributed by atoms with van der Waals surface area (Å²) in [5.41, 5.74) is 0.393. The van der Waals surface area contributed by atoms with E-state index in [4.69, 9.17) is 4.74 Å². The maximum Gasteiger partial charge on any atom is 0.0499 e. The van der Waals surface area contributed by atoms with E-state index < -0.39 is 0 Å². The van der Waals surface area contributed by atoms with E-state index in [0.717, 1.165) is 13.2 Å². The zero-order valence-electron chi connectivity index (χ0n) is 8.61. The highest BCUT2D eigenvalue weighted by Crippen LogP contribution is 2.28. The van der Waals surface area contributed by atoms with Crippen LogP contribution in [0.15, 0.2) is 0 Å². The van der Waals surface area contributed by atoms with Gasteiger partial charge < -0.3 is 4.74 Å². The van der Waals surface area contributed by atoms with Gasteiger partial charge in [0.2, 0.25) is 0 Å². The molecule has 1 atom stereocenters. The van der Waals surface area contributed by atoms with Crippen LogP contribution in [0.5, 0.6) is 0 Å². The molecule has 0 aliphatic rings. The Bertz CT molecular complexity index is 91.5. The van der Waals surface area contributed by atoms with E-state index in [2.05, 4.69) is 34.6 Å². The molecule has 0 N–H and O–H groups in total. The van der Waals surface area contributed by atoms with Crippen molar-refractivity contribution in [2.24, 2.45) is 11.3 Å². The average Bonchev–Trinajstić information content (AvgIpc) is 1.87. The number of hydrogen-bond donors (Lipinski definition) is 0. The van der Waals surface area contributed by atoms with E-state index in [1.807, 2.05) is 0 Å². The Hall–Kier alpha value is -0.0400. The lowest BCUT2D eigenvalue weighted by Crippen LogP contribution is -2.24. The zero-order chi connectivity index (χ0) is 8.91. The average molecular weight is 158 g/mol. The van der Waals surface area contributed by atoms with Crippen LogP contribution in [0.4, 0.5) is 0 Å². The minimum absolute atomic E-state index is 0.393. The van der Waals surface area contributed by atoms with Gasteiger partial charge >= 0.3 is 0 Å². The lowest BCUT2D eigenvalue weighted by molar-refractivity contribution is 0.0607. The highest BCUT2D eigenvalue weighted by molar-refractivity contribution is 4.71. The second-order valence-corrected chi connectivity index (χ2v) is 4.13. The molecule has 0 saturated heterocycles. The van der Waals surface area contributed by atoms with Crippen molar-refractivity contribution in [1.29, 1.82) is 0 Å². The van der Waals surface area contributed by atoms with Gasteiger partial charge in [0.1, 0.15) is 0 Å². The predicted octanol–water partition coefficient (Wildman–Crippen LogP) is 3.10. The van der Waals surface area contributed by atoms with Crippen molar-refractivity contribution in [1.82, 2.24) is 0 Å². The second-order valence-electron chi connectivity index (χ2n) is 4.13. The fraction of sp³-hybridized carbons (Fsp3) is 1.00. The molecule has 0 rings (SSSR count). The molecule has 1 heteroatoms. The van der Waals surface area contributed by atoms with Gasteiger partial charge in [-0.05, 0) is 18.3 Å². The molecular weight excluding hydrogens is 136 g/mol. The van der Waals surface area contributed by atoms with E-state index in [-0.39, 0.29) is 0 Å². The Morgan fingerprint density at radius 3 is 2.00 bits per heavy atom. The lowest BCUT2D eigenvalue weighted by atomic mass is 9.80. The molecule has 0 bridgehead atoms. The first kappa shape index (κ1) is 11.0. The van der Waals surface area contributed by atoms with Crippen LogP contribution < -0.4 is 0 Å². The first-order valence-corrected chi connectivity index (χ1v) is 4.60. The Morgan fingerprint density at radius 1 is 1.18 bits per heavy atom. The smallest absolute Gasteiger partial charge is 0.0499 e. The summed E-state index contributed by atoms with van der Waals surface area (Å²) in [5, 5.41) is 0. The largest absolute Gasteiger partial charge is 0.381 e. The van der Waals surface area contributed by atoms with Gasteiger partial charge in [-0.15, -0.1) is 0 Å². The molecule has 0 aromatic carbocycles. The van der Waals surface area contributed by atoms with Gasteiger partial charge in [-0.2, -0.15) is 0 Å². The highest BCUT2D eigenvalue weighted by Gasteiger charge is 2.22. The molecule has 0 aromatic heterocycles. The van der Waals surface area contributed by atoms with E-state index in [9.17, 15) is 0 Å². The molecule has 0 aliphatic carbocycles. The van der Waals surface area contributed by atoms with Crippen molar-refractivity contribution in [2.45, 2.75) is 41.0 Å². The summed E-state index contributed by atoms with van der Waals surface area (Å²) in [5.74, 6) is 0.697. The molecular formula is C10H22O. The standard InChI is InChI=1S/C10H22O/c1-6-9(8-11-7-2)10(3,4)5/h9H,6-8H2,1-5H3. The van der Waals surface area contributed by atoms with Crippen LogP contribution in [0.2, 0.25) is 0 Å². The summed E-state index contributed by atoms with van der Waals surface area (Å²) >= 11 is 0. The molecule has 11 heavy (non-hydrogen) atoms. The summed E-state index contributed by atoms with van der Waals surface area (Å²) in [6.45, 7) is 12.9. The van der Waals surface area contributed by atoms with Crippen LogP contribution >= 0.6 is 0 Å². The van der Waals surface area contributed by atoms with Crippen molar-refractivity contribution in [3.05, 3.63) is 0 Å². The maximum absolute atomic E-state index is 5.41. The topological polar surface area (TPSA) is 9.23 Å². The first-order valence-electron chi connectivity index (χ1n) is 4.60. The summed E-state index contributed by atoms with van der Waals surface area (Å²) in [4.78, 5) is 0. The van der Waals surface area contributed by atoms with Crippen LogP contribution in [-0.2, 0) is 4.74 Å². The first-order chi connectivity index (χ1) is 5.02. The normalized spacial score (nSPS) is 15.0. The quantitative estimate of drug-likeness (QED) is 0.611. The van der Waals surface area contributed by atoms with E-state index >= 15 is 0 Å². The molecule has 0 spiro atoms. The Morgan fingerprint density at radius 2 is 1.73 bits per heavy atom. The van der Waals surface area contributed by atoms with E-state index in [1.54, 1.807) is 0 Å². The number of ether oxygens (including phenoxy) is 1. The zero-order valence-corrected chi connectivity index (χ0v) is 8.61. The van der Waals surface area contributed by atoms with Gasteiger partial charge in [-0.3, -0.25) is 0 Å². The van der Waals surface area contributed by atoms with Gasteiger partial charge in [0, 0.05) is 13.2 Å². The Labute approximate surface area is 71.1 Å². The second kappa shape index (κ2) is 4.76. The van der Waals surface area contributed by atoms with E-state index in [1.165, 1.54) is 6.42 Å². The fourth-order valence-electron chi connectivity index (χ4n) is 1.24. The molecule has 0 amide bonds. The van der Waals surface area contributed by atoms with Crippen molar-refractivity contribution in [3.8, 4) is 0 Å². The fourth-order valence-corrected chi connectivity index (χ4v) is 1.24. The molecule has 68 valence electrons. The molecule has 0 heterocycles. The monoisotopic (exact) mass is 158 g/mol. The molecule has 1 unspecified atom stereocenters. The third-order valence-corrected chi connectivity index (χ3v) is 2.24. The van der Waals surface area contributed by atoms with Gasteiger partial charge in [0.25, 0.3) is 0 Å². The van der Waals surface area contributed by atoms with Crippen molar-refractivity contribution < 1.29 is 4.74 Å². The Balaban J connectivity index is 3.76. The molecule has 0 aromatic rings. The maximum atomic E-state index is 5.41. The minimum Gasteiger partial charge on any atom is -0.381 e. The van der Waals surface area contributed by atoms with Crippen molar-refractivity contribution in [2.75, 3.05) is 13.2 Å². The SMILES string of the molecule is CCOCC(CC)C(C)(C)C. The van der Waals surface area contributed by atoms with Gasteiger partial charge in [-0.25, -0.2) is 0 Å². The van der Waals surface area contributed by atoms with Gasteiger partial charge in [0.15, 0.2) is 0 Å². The molecule has 0 aliphatic heterocycles. The third kappa shape index (κ3) is 4.41. The van der Waals surface area contributed by atoms with Crippen LogP contribution in [0.1, 0.15) is 41.0 Å². The predicted molar refractivity (Wildman–Crippen MR) is 49.7 cm³/mol. The number of rotatable bonds is 4. The summed E-state index contributed by atoms with van der Waals surface area (Å²) in [6, 6.07) is 0. The van der Waals surface area contributed by atoms with Gasteiger partial charge in [-0.1, -0.05) is 34.1 Å². The molecule has 0 fully saturated rings. The summed E-state index contributed by atoms with van der Waals surface area (Å²) < 4.78 is 5.41. The van der Waals surface area contributed by atoms with Crippen molar-refractivity contribution in [3.63, 3.8) is 0 Å². The molecule has 0 saturated carbocycles. The van der Waals surface area contributed by atoms with Gasteiger partial charge in [0.05, 0.1) is 0 Å². The van der Waals surface area contributed by atoms with Crippen molar-refractivity contribution >= 4 is 0 Å². The molecule has 0 radical (unpaired) electrons. The lowest BCUT2D eigenvalue weighted by Gasteiger charge is -2.29. The van der Waals surface area contributed by atoms with Crippen LogP contribution in [0, 0.1) is 11.3 Å². The summed E-state index contributed by atoms with van der Waals surface area (Å²) in [6.07, 6.45) is 1.21.